The van der Waals surface area contributed by atoms with E-state index >= 15 is 0 Å². The summed E-state index contributed by atoms with van der Waals surface area (Å²) in [4.78, 5) is 11.6. The lowest BCUT2D eigenvalue weighted by Gasteiger charge is -2.28. The molecule has 1 saturated heterocycles. The van der Waals surface area contributed by atoms with Crippen molar-refractivity contribution in [2.45, 2.75) is 32.3 Å². The average Bonchev–Trinajstić information content (AvgIpc) is 2.78. The molecular weight excluding hydrogens is 308 g/mol. The van der Waals surface area contributed by atoms with Gasteiger partial charge in [-0.25, -0.2) is 4.79 Å². The molecule has 0 radical (unpaired) electrons. The topological polar surface area (TPSA) is 76.0 Å². The molecule has 0 aromatic heterocycles. The number of esters is 1. The Balaban J connectivity index is 1.90. The second kappa shape index (κ2) is 6.89. The lowest BCUT2D eigenvalue weighted by atomic mass is 9.79. The fraction of sp³-hybridized carbons (Fsp3) is 0.421. The van der Waals surface area contributed by atoms with Gasteiger partial charge >= 0.3 is 5.97 Å². The van der Waals surface area contributed by atoms with Gasteiger partial charge in [-0.15, -0.1) is 0 Å². The van der Waals surface area contributed by atoms with Crippen LogP contribution in [0.1, 0.15) is 19.8 Å². The summed E-state index contributed by atoms with van der Waals surface area (Å²) in [7, 11) is 0. The van der Waals surface area contributed by atoms with Crippen LogP contribution < -0.4 is 0 Å². The highest BCUT2D eigenvalue weighted by Crippen LogP contribution is 2.38. The molecule has 24 heavy (non-hydrogen) atoms. The van der Waals surface area contributed by atoms with Gasteiger partial charge in [0, 0.05) is 11.5 Å². The maximum atomic E-state index is 11.6. The molecule has 3 rings (SSSR count). The SMILES string of the molecule is C=C1C(=O)OC(O)C1CC1=CC=CC2=CCOC(O)C(CC)=CC21. The van der Waals surface area contributed by atoms with Crippen LogP contribution in [-0.2, 0) is 14.3 Å². The predicted molar refractivity (Wildman–Crippen MR) is 88.5 cm³/mol. The third-order valence-corrected chi connectivity index (χ3v) is 4.77. The van der Waals surface area contributed by atoms with Crippen LogP contribution in [0.5, 0.6) is 0 Å². The van der Waals surface area contributed by atoms with Crippen LogP contribution in [-0.4, -0.2) is 35.4 Å². The van der Waals surface area contributed by atoms with Crippen LogP contribution in [0.2, 0.25) is 0 Å². The first-order chi connectivity index (χ1) is 11.5. The van der Waals surface area contributed by atoms with E-state index in [-0.39, 0.29) is 5.92 Å². The fourth-order valence-corrected chi connectivity index (χ4v) is 3.30. The Bertz CT molecular complexity index is 667. The van der Waals surface area contributed by atoms with Gasteiger partial charge in [-0.3, -0.25) is 0 Å². The maximum Gasteiger partial charge on any atom is 0.336 e. The summed E-state index contributed by atoms with van der Waals surface area (Å²) in [6, 6.07) is 0. The van der Waals surface area contributed by atoms with Gasteiger partial charge in [-0.05, 0) is 24.0 Å². The summed E-state index contributed by atoms with van der Waals surface area (Å²) in [5.74, 6) is -0.998. The average molecular weight is 330 g/mol. The number of fused-ring (bicyclic) bond motifs is 1. The minimum Gasteiger partial charge on any atom is -0.432 e. The molecule has 0 saturated carbocycles. The van der Waals surface area contributed by atoms with Crippen molar-refractivity contribution in [2.24, 2.45) is 11.8 Å². The number of carbonyl (C=O) groups is 1. The molecular formula is C19H22O5. The molecule has 0 spiro atoms. The lowest BCUT2D eigenvalue weighted by molar-refractivity contribution is -0.155. The molecule has 2 aliphatic heterocycles. The van der Waals surface area contributed by atoms with Gasteiger partial charge in [-0.1, -0.05) is 49.5 Å². The molecule has 4 atom stereocenters. The number of carbonyl (C=O) groups excluding carboxylic acids is 1. The molecule has 5 heteroatoms. The zero-order valence-corrected chi connectivity index (χ0v) is 13.6. The van der Waals surface area contributed by atoms with Gasteiger partial charge in [0.1, 0.15) is 0 Å². The highest BCUT2D eigenvalue weighted by atomic mass is 16.6. The lowest BCUT2D eigenvalue weighted by Crippen LogP contribution is -2.22. The molecule has 1 aliphatic carbocycles. The first-order valence-corrected chi connectivity index (χ1v) is 8.16. The first kappa shape index (κ1) is 16.9. The van der Waals surface area contributed by atoms with E-state index in [0.29, 0.717) is 25.0 Å². The Morgan fingerprint density at radius 2 is 2.12 bits per heavy atom. The van der Waals surface area contributed by atoms with Crippen LogP contribution in [0, 0.1) is 11.8 Å². The van der Waals surface area contributed by atoms with Crippen LogP contribution >= 0.6 is 0 Å². The van der Waals surface area contributed by atoms with Gasteiger partial charge in [0.2, 0.25) is 6.29 Å². The summed E-state index contributed by atoms with van der Waals surface area (Å²) in [6.45, 7) is 6.05. The highest BCUT2D eigenvalue weighted by molar-refractivity contribution is 5.90. The normalized spacial score (nSPS) is 33.0. The first-order valence-electron chi connectivity index (χ1n) is 8.16. The van der Waals surface area contributed by atoms with Crippen molar-refractivity contribution in [3.8, 4) is 0 Å². The van der Waals surface area contributed by atoms with Crippen molar-refractivity contribution in [3.05, 3.63) is 59.3 Å². The van der Waals surface area contributed by atoms with Gasteiger partial charge in [0.15, 0.2) is 6.29 Å². The summed E-state index contributed by atoms with van der Waals surface area (Å²) < 4.78 is 10.2. The van der Waals surface area contributed by atoms with Crippen LogP contribution in [0.25, 0.3) is 0 Å². The number of allylic oxidation sites excluding steroid dienone is 6. The fourth-order valence-electron chi connectivity index (χ4n) is 3.30. The Kier molecular flexibility index (Phi) is 4.85. The Morgan fingerprint density at radius 3 is 2.79 bits per heavy atom. The number of rotatable bonds is 3. The maximum absolute atomic E-state index is 11.6. The zero-order valence-electron chi connectivity index (χ0n) is 13.6. The van der Waals surface area contributed by atoms with E-state index in [1.807, 2.05) is 37.3 Å². The van der Waals surface area contributed by atoms with Gasteiger partial charge in [-0.2, -0.15) is 0 Å². The molecule has 128 valence electrons. The van der Waals surface area contributed by atoms with E-state index in [1.54, 1.807) is 0 Å². The van der Waals surface area contributed by atoms with E-state index in [9.17, 15) is 15.0 Å². The summed E-state index contributed by atoms with van der Waals surface area (Å²) in [5, 5.41) is 20.0. The van der Waals surface area contributed by atoms with E-state index in [2.05, 4.69) is 6.58 Å². The number of hydrogen-bond donors (Lipinski definition) is 2. The summed E-state index contributed by atoms with van der Waals surface area (Å²) in [6.07, 6.45) is 9.01. The largest absolute Gasteiger partial charge is 0.432 e. The minimum absolute atomic E-state index is 0.0146. The number of hydrogen-bond acceptors (Lipinski definition) is 5. The monoisotopic (exact) mass is 330 g/mol. The van der Waals surface area contributed by atoms with E-state index in [0.717, 1.165) is 16.7 Å². The van der Waals surface area contributed by atoms with Crippen molar-refractivity contribution < 1.29 is 24.5 Å². The standard InChI is InChI=1S/C19H22O5/c1-3-12-9-16-13(7-8-23-18(12)21)5-4-6-14(16)10-15-11(2)17(20)24-19(15)22/h4-7,9,15-16,18-19,21-22H,2-3,8,10H2,1H3. The van der Waals surface area contributed by atoms with E-state index in [1.165, 1.54) is 0 Å². The number of aliphatic hydroxyl groups is 2. The molecule has 3 aliphatic rings. The molecule has 4 unspecified atom stereocenters. The second-order valence-electron chi connectivity index (χ2n) is 6.20. The Hall–Kier alpha value is -1.95. The second-order valence-corrected chi connectivity index (χ2v) is 6.20. The van der Waals surface area contributed by atoms with Crippen LogP contribution in [0.3, 0.4) is 0 Å². The molecule has 2 N–H and O–H groups in total. The molecule has 1 fully saturated rings. The smallest absolute Gasteiger partial charge is 0.336 e. The predicted octanol–water partition coefficient (Wildman–Crippen LogP) is 2.15. The molecule has 5 nitrogen and oxygen atoms in total. The third kappa shape index (κ3) is 3.15. The zero-order chi connectivity index (χ0) is 17.3. The highest BCUT2D eigenvalue weighted by Gasteiger charge is 2.39. The molecule has 0 aromatic rings. The molecule has 0 aromatic carbocycles. The van der Waals surface area contributed by atoms with Crippen molar-refractivity contribution >= 4 is 5.97 Å². The molecule has 2 heterocycles. The molecule has 0 bridgehead atoms. The van der Waals surface area contributed by atoms with Crippen molar-refractivity contribution in [1.29, 1.82) is 0 Å². The van der Waals surface area contributed by atoms with Crippen molar-refractivity contribution in [3.63, 3.8) is 0 Å². The van der Waals surface area contributed by atoms with Crippen LogP contribution in [0.4, 0.5) is 0 Å². The van der Waals surface area contributed by atoms with Crippen LogP contribution in [0.15, 0.2) is 59.3 Å². The third-order valence-electron chi connectivity index (χ3n) is 4.77. The Labute approximate surface area is 141 Å². The van der Waals surface area contributed by atoms with Crippen molar-refractivity contribution in [1.82, 2.24) is 0 Å². The van der Waals surface area contributed by atoms with Gasteiger partial charge in [0.05, 0.1) is 12.5 Å². The molecule has 0 amide bonds. The Morgan fingerprint density at radius 1 is 1.33 bits per heavy atom. The van der Waals surface area contributed by atoms with Gasteiger partial charge < -0.3 is 19.7 Å². The summed E-state index contributed by atoms with van der Waals surface area (Å²) in [5.41, 5.74) is 3.25. The van der Waals surface area contributed by atoms with E-state index < -0.39 is 24.5 Å². The summed E-state index contributed by atoms with van der Waals surface area (Å²) >= 11 is 0. The van der Waals surface area contributed by atoms with E-state index in [4.69, 9.17) is 9.47 Å². The number of aliphatic hydroxyl groups excluding tert-OH is 2. The number of ether oxygens (including phenoxy) is 2. The van der Waals surface area contributed by atoms with Crippen molar-refractivity contribution in [2.75, 3.05) is 6.61 Å². The van der Waals surface area contributed by atoms with Gasteiger partial charge in [0.25, 0.3) is 0 Å². The number of cyclic esters (lactones) is 1. The minimum atomic E-state index is -1.15. The quantitative estimate of drug-likeness (QED) is 0.471.